The Hall–Kier alpha value is -2.44. The molecule has 0 aromatic carbocycles. The van der Waals surface area contributed by atoms with Crippen LogP contribution in [0.3, 0.4) is 0 Å². The quantitative estimate of drug-likeness (QED) is 0.635. The number of nitrogens with zero attached hydrogens (tertiary/aromatic N) is 3. The maximum absolute atomic E-state index is 14.1. The summed E-state index contributed by atoms with van der Waals surface area (Å²) in [6, 6.07) is 0.676. The number of methoxy groups -OCH3 is 1. The van der Waals surface area contributed by atoms with Crippen LogP contribution in [-0.2, 0) is 33.4 Å². The summed E-state index contributed by atoms with van der Waals surface area (Å²) in [6.45, 7) is 2.19. The normalized spacial score (nSPS) is 32.3. The van der Waals surface area contributed by atoms with Crippen LogP contribution in [0.2, 0.25) is 0 Å². The Morgan fingerprint density at radius 2 is 2.14 bits per heavy atom. The Bertz CT molecular complexity index is 1020. The second kappa shape index (κ2) is 9.46. The summed E-state index contributed by atoms with van der Waals surface area (Å²) in [5, 5.41) is 3.67. The highest BCUT2D eigenvalue weighted by Gasteiger charge is 2.59. The molecule has 12 heteroatoms. The number of aromatic nitrogens is 1. The summed E-state index contributed by atoms with van der Waals surface area (Å²) in [7, 11) is 1.65. The van der Waals surface area contributed by atoms with Crippen LogP contribution in [0.4, 0.5) is 18.0 Å². The van der Waals surface area contributed by atoms with Crippen molar-refractivity contribution < 1.29 is 32.2 Å². The van der Waals surface area contributed by atoms with Crippen molar-refractivity contribution in [2.24, 2.45) is 17.1 Å². The summed E-state index contributed by atoms with van der Waals surface area (Å²) in [5.41, 5.74) is 4.94. The molecule has 3 N–H and O–H groups in total. The largest absolute Gasteiger partial charge is 0.417 e. The first-order chi connectivity index (χ1) is 17.1. The van der Waals surface area contributed by atoms with Crippen molar-refractivity contribution >= 4 is 11.9 Å². The summed E-state index contributed by atoms with van der Waals surface area (Å²) in [6.07, 6.45) is -1.32. The topological polar surface area (TPSA) is 110 Å². The van der Waals surface area contributed by atoms with E-state index in [9.17, 15) is 22.8 Å². The van der Waals surface area contributed by atoms with Crippen molar-refractivity contribution in [3.63, 3.8) is 0 Å². The molecule has 0 radical (unpaired) electrons. The molecule has 0 bridgehead atoms. The molecular weight excluding hydrogens is 479 g/mol. The van der Waals surface area contributed by atoms with Crippen molar-refractivity contribution in [2.45, 2.75) is 56.6 Å². The van der Waals surface area contributed by atoms with E-state index in [0.29, 0.717) is 56.8 Å². The van der Waals surface area contributed by atoms with Gasteiger partial charge in [-0.2, -0.15) is 13.2 Å². The van der Waals surface area contributed by atoms with Gasteiger partial charge >= 0.3 is 12.2 Å². The zero-order valence-electron chi connectivity index (χ0n) is 20.2. The maximum Gasteiger partial charge on any atom is 0.417 e. The number of ether oxygens (including phenoxy) is 2. The van der Waals surface area contributed by atoms with Gasteiger partial charge in [-0.25, -0.2) is 4.79 Å². The number of nitrogens with one attached hydrogen (secondary N) is 1. The van der Waals surface area contributed by atoms with E-state index in [1.807, 2.05) is 0 Å². The second-order valence-corrected chi connectivity index (χ2v) is 10.4. The van der Waals surface area contributed by atoms with E-state index >= 15 is 0 Å². The van der Waals surface area contributed by atoms with Crippen LogP contribution in [0.5, 0.6) is 0 Å². The van der Waals surface area contributed by atoms with Gasteiger partial charge in [0.15, 0.2) is 0 Å². The number of hydrogen-bond donors (Lipinski definition) is 2. The summed E-state index contributed by atoms with van der Waals surface area (Å²) >= 11 is 0. The van der Waals surface area contributed by atoms with Gasteiger partial charge in [-0.1, -0.05) is 0 Å². The standard InChI is InChI=1S/C24H32F3N5O4/c1-35-20-12-36-5-3-19(20)30-17-7-16-11-32(22(28)34)13-23(16,8-17)21(33)31-4-2-18-14(10-31)6-15(9-29-18)24(25,26)27/h6,9,16-17,19-20,30H,2-5,7-8,10-13H2,1H3,(H2,28,34)/t16-,17+,19+,20-,23-/m0/s1. The van der Waals surface area contributed by atoms with E-state index in [1.165, 1.54) is 4.90 Å². The van der Waals surface area contributed by atoms with E-state index in [-0.39, 0.29) is 43.1 Å². The maximum atomic E-state index is 14.1. The highest BCUT2D eigenvalue weighted by Crippen LogP contribution is 2.50. The molecule has 4 aliphatic rings. The molecule has 1 aliphatic carbocycles. The average Bonchev–Trinajstić information content (AvgIpc) is 3.38. The minimum atomic E-state index is -4.50. The Morgan fingerprint density at radius 3 is 2.86 bits per heavy atom. The van der Waals surface area contributed by atoms with Crippen LogP contribution in [0.15, 0.2) is 12.3 Å². The minimum Gasteiger partial charge on any atom is -0.379 e. The Morgan fingerprint density at radius 1 is 1.33 bits per heavy atom. The van der Waals surface area contributed by atoms with Crippen molar-refractivity contribution in [3.05, 3.63) is 29.1 Å². The lowest BCUT2D eigenvalue weighted by Crippen LogP contribution is -2.52. The average molecular weight is 512 g/mol. The van der Waals surface area contributed by atoms with E-state index in [1.54, 1.807) is 12.0 Å². The molecule has 0 spiro atoms. The van der Waals surface area contributed by atoms with Crippen molar-refractivity contribution in [2.75, 3.05) is 40.0 Å². The molecular formula is C24H32F3N5O4. The van der Waals surface area contributed by atoms with Gasteiger partial charge in [-0.3, -0.25) is 9.78 Å². The van der Waals surface area contributed by atoms with Gasteiger partial charge in [0.1, 0.15) is 0 Å². The van der Waals surface area contributed by atoms with Gasteiger partial charge in [0.2, 0.25) is 5.91 Å². The number of carbonyl (C=O) groups excluding carboxylic acids is 2. The lowest BCUT2D eigenvalue weighted by Gasteiger charge is -2.37. The molecule has 3 amide bonds. The van der Waals surface area contributed by atoms with Gasteiger partial charge in [0.25, 0.3) is 0 Å². The van der Waals surface area contributed by atoms with Gasteiger partial charge in [-0.05, 0) is 36.8 Å². The van der Waals surface area contributed by atoms with Gasteiger partial charge in [0.05, 0.1) is 23.7 Å². The third kappa shape index (κ3) is 4.54. The number of pyridine rings is 1. The highest BCUT2D eigenvalue weighted by atomic mass is 19.4. The molecule has 9 nitrogen and oxygen atoms in total. The van der Waals surface area contributed by atoms with Crippen molar-refractivity contribution in [1.29, 1.82) is 0 Å². The van der Waals surface area contributed by atoms with Crippen LogP contribution >= 0.6 is 0 Å². The molecule has 1 saturated carbocycles. The fourth-order valence-corrected chi connectivity index (χ4v) is 6.50. The third-order valence-corrected chi connectivity index (χ3v) is 8.32. The number of hydrogen-bond acceptors (Lipinski definition) is 6. The highest BCUT2D eigenvalue weighted by molar-refractivity contribution is 5.86. The van der Waals surface area contributed by atoms with Crippen LogP contribution in [0.1, 0.15) is 36.1 Å². The van der Waals surface area contributed by atoms with Gasteiger partial charge < -0.3 is 30.3 Å². The molecule has 3 fully saturated rings. The van der Waals surface area contributed by atoms with Crippen LogP contribution < -0.4 is 11.1 Å². The number of urea groups is 1. The number of primary amides is 1. The molecule has 4 heterocycles. The fraction of sp³-hybridized carbons (Fsp3) is 0.708. The van der Waals surface area contributed by atoms with Crippen LogP contribution in [-0.4, -0.2) is 84.9 Å². The van der Waals surface area contributed by atoms with Crippen molar-refractivity contribution in [3.8, 4) is 0 Å². The number of likely N-dealkylation sites (tertiary alicyclic amines) is 1. The SMILES string of the molecule is CO[C@H]1COCC[C@H]1N[C@@H]1C[C@H]2CN(C(N)=O)C[C@@]2(C(=O)N2CCc3ncc(C(F)(F)F)cc3C2)C1. The molecule has 2 saturated heterocycles. The number of halogens is 3. The number of fused-ring (bicyclic) bond motifs is 2. The summed E-state index contributed by atoms with van der Waals surface area (Å²) in [4.78, 5) is 33.2. The van der Waals surface area contributed by atoms with Crippen LogP contribution in [0, 0.1) is 11.3 Å². The van der Waals surface area contributed by atoms with Crippen LogP contribution in [0.25, 0.3) is 0 Å². The number of alkyl halides is 3. The van der Waals surface area contributed by atoms with Gasteiger partial charge in [-0.15, -0.1) is 0 Å². The summed E-state index contributed by atoms with van der Waals surface area (Å²) in [5.74, 6) is -0.212. The van der Waals surface area contributed by atoms with E-state index in [2.05, 4.69) is 10.3 Å². The second-order valence-electron chi connectivity index (χ2n) is 10.4. The van der Waals surface area contributed by atoms with E-state index in [0.717, 1.165) is 18.7 Å². The number of carbonyl (C=O) groups is 2. The zero-order chi connectivity index (χ0) is 25.7. The predicted octanol–water partition coefficient (Wildman–Crippen LogP) is 1.54. The Kier molecular flexibility index (Phi) is 6.63. The molecule has 3 aliphatic heterocycles. The first-order valence-corrected chi connectivity index (χ1v) is 12.4. The summed E-state index contributed by atoms with van der Waals surface area (Å²) < 4.78 is 50.8. The van der Waals surface area contributed by atoms with Crippen molar-refractivity contribution in [1.82, 2.24) is 20.1 Å². The lowest BCUT2D eigenvalue weighted by molar-refractivity contribution is -0.143. The lowest BCUT2D eigenvalue weighted by atomic mass is 9.78. The first-order valence-electron chi connectivity index (χ1n) is 12.4. The monoisotopic (exact) mass is 511 g/mol. The molecule has 5 atom stereocenters. The number of amides is 3. The molecule has 198 valence electrons. The smallest absolute Gasteiger partial charge is 0.379 e. The molecule has 0 unspecified atom stereocenters. The molecule has 5 rings (SSSR count). The minimum absolute atomic E-state index is 0.0466. The Balaban J connectivity index is 1.36. The molecule has 1 aromatic heterocycles. The first kappa shape index (κ1) is 25.2. The molecule has 1 aromatic rings. The number of nitrogens with two attached hydrogens (primary N) is 1. The van der Waals surface area contributed by atoms with E-state index in [4.69, 9.17) is 15.2 Å². The molecule has 36 heavy (non-hydrogen) atoms. The van der Waals surface area contributed by atoms with E-state index < -0.39 is 23.2 Å². The fourth-order valence-electron chi connectivity index (χ4n) is 6.50. The van der Waals surface area contributed by atoms with Gasteiger partial charge in [0, 0.05) is 70.3 Å². The third-order valence-electron chi connectivity index (χ3n) is 8.32. The predicted molar refractivity (Wildman–Crippen MR) is 122 cm³/mol. The zero-order valence-corrected chi connectivity index (χ0v) is 20.2. The Labute approximate surface area is 207 Å². The number of rotatable bonds is 4.